The molecule has 2 rings (SSSR count). The van der Waals surface area contributed by atoms with Gasteiger partial charge >= 0.3 is 0 Å². The Morgan fingerprint density at radius 3 is 3.00 bits per heavy atom. The fourth-order valence-electron chi connectivity index (χ4n) is 1.86. The molecule has 76 valence electrons. The average Bonchev–Trinajstić information content (AvgIpc) is 2.60. The lowest BCUT2D eigenvalue weighted by atomic mass is 9.93. The van der Waals surface area contributed by atoms with Crippen LogP contribution in [-0.4, -0.2) is 24.4 Å². The molecule has 2 aliphatic rings. The third-order valence-corrected chi connectivity index (χ3v) is 2.54. The maximum Gasteiger partial charge on any atom is 0.127 e. The highest BCUT2D eigenvalue weighted by molar-refractivity contribution is 5.32. The van der Waals surface area contributed by atoms with Gasteiger partial charge in [0.2, 0.25) is 0 Å². The third kappa shape index (κ3) is 1.74. The van der Waals surface area contributed by atoms with Gasteiger partial charge in [-0.25, -0.2) is 0 Å². The van der Waals surface area contributed by atoms with E-state index in [0.717, 1.165) is 6.42 Å². The highest BCUT2D eigenvalue weighted by Crippen LogP contribution is 2.30. The average molecular weight is 193 g/mol. The molecule has 0 saturated carbocycles. The molecular formula is C11H15NO2. The molecule has 14 heavy (non-hydrogen) atoms. The molecule has 1 aliphatic heterocycles. The van der Waals surface area contributed by atoms with Gasteiger partial charge in [-0.15, -0.1) is 0 Å². The summed E-state index contributed by atoms with van der Waals surface area (Å²) >= 11 is 0. The molecular weight excluding hydrogens is 178 g/mol. The molecule has 0 aromatic carbocycles. The summed E-state index contributed by atoms with van der Waals surface area (Å²) in [5, 5.41) is 8.92. The van der Waals surface area contributed by atoms with Crippen LogP contribution in [0.25, 0.3) is 0 Å². The van der Waals surface area contributed by atoms with Crippen molar-refractivity contribution in [3.05, 3.63) is 35.6 Å². The van der Waals surface area contributed by atoms with Gasteiger partial charge in [-0.3, -0.25) is 0 Å². The Hall–Kier alpha value is -1.06. The Bertz CT molecular complexity index is 304. The first-order valence-corrected chi connectivity index (χ1v) is 4.90. The molecule has 0 fully saturated rings. The Labute approximate surface area is 83.6 Å². The van der Waals surface area contributed by atoms with Crippen molar-refractivity contribution >= 4 is 0 Å². The number of nitrogens with two attached hydrogens (primary N) is 1. The molecule has 3 heteroatoms. The van der Waals surface area contributed by atoms with Gasteiger partial charge in [0.1, 0.15) is 18.5 Å². The van der Waals surface area contributed by atoms with Gasteiger partial charge in [0.15, 0.2) is 0 Å². The summed E-state index contributed by atoms with van der Waals surface area (Å²) in [5.41, 5.74) is 6.75. The molecule has 1 heterocycles. The first kappa shape index (κ1) is 9.49. The van der Waals surface area contributed by atoms with E-state index in [1.807, 2.05) is 12.2 Å². The van der Waals surface area contributed by atoms with Crippen molar-refractivity contribution in [2.75, 3.05) is 13.2 Å². The van der Waals surface area contributed by atoms with Gasteiger partial charge in [-0.2, -0.15) is 0 Å². The Balaban J connectivity index is 2.09. The second-order valence-corrected chi connectivity index (χ2v) is 3.59. The number of allylic oxidation sites excluding steroid dienone is 1. The summed E-state index contributed by atoms with van der Waals surface area (Å²) in [6, 6.07) is 0. The van der Waals surface area contributed by atoms with Crippen molar-refractivity contribution in [2.45, 2.75) is 12.5 Å². The van der Waals surface area contributed by atoms with Crippen LogP contribution in [0, 0.1) is 5.92 Å². The molecule has 0 radical (unpaired) electrons. The minimum absolute atomic E-state index is 0.0130. The Morgan fingerprint density at radius 2 is 2.29 bits per heavy atom. The van der Waals surface area contributed by atoms with E-state index in [2.05, 4.69) is 12.2 Å². The molecule has 0 aromatic heterocycles. The van der Waals surface area contributed by atoms with E-state index >= 15 is 0 Å². The SMILES string of the molecule is NCCC1=CC2C=C(CO)OC2C=C1. The summed E-state index contributed by atoms with van der Waals surface area (Å²) < 4.78 is 5.49. The van der Waals surface area contributed by atoms with Crippen molar-refractivity contribution in [3.63, 3.8) is 0 Å². The number of fused-ring (bicyclic) bond motifs is 1. The van der Waals surface area contributed by atoms with Crippen molar-refractivity contribution in [2.24, 2.45) is 11.7 Å². The minimum atomic E-state index is -0.0130. The van der Waals surface area contributed by atoms with Crippen LogP contribution in [0.15, 0.2) is 35.6 Å². The fourth-order valence-corrected chi connectivity index (χ4v) is 1.86. The second-order valence-electron chi connectivity index (χ2n) is 3.59. The second kappa shape index (κ2) is 3.98. The van der Waals surface area contributed by atoms with E-state index in [4.69, 9.17) is 15.6 Å². The lowest BCUT2D eigenvalue weighted by Gasteiger charge is -2.18. The van der Waals surface area contributed by atoms with E-state index in [1.54, 1.807) is 0 Å². The zero-order valence-electron chi connectivity index (χ0n) is 8.02. The monoisotopic (exact) mass is 193 g/mol. The molecule has 2 unspecified atom stereocenters. The molecule has 0 spiro atoms. The third-order valence-electron chi connectivity index (χ3n) is 2.54. The first-order valence-electron chi connectivity index (χ1n) is 4.90. The predicted molar refractivity (Wildman–Crippen MR) is 54.4 cm³/mol. The minimum Gasteiger partial charge on any atom is -0.488 e. The highest BCUT2D eigenvalue weighted by Gasteiger charge is 2.27. The van der Waals surface area contributed by atoms with Crippen LogP contribution in [0.3, 0.4) is 0 Å². The van der Waals surface area contributed by atoms with Gasteiger partial charge < -0.3 is 15.6 Å². The van der Waals surface area contributed by atoms with Gasteiger partial charge in [-0.05, 0) is 25.1 Å². The van der Waals surface area contributed by atoms with Crippen LogP contribution in [0.2, 0.25) is 0 Å². The molecule has 0 aromatic rings. The molecule has 3 N–H and O–H groups in total. The number of ether oxygens (including phenoxy) is 1. The Kier molecular flexibility index (Phi) is 2.70. The van der Waals surface area contributed by atoms with Crippen molar-refractivity contribution in [1.82, 2.24) is 0 Å². The zero-order valence-corrected chi connectivity index (χ0v) is 8.02. The fraction of sp³-hybridized carbons (Fsp3) is 0.455. The molecule has 0 amide bonds. The summed E-state index contributed by atoms with van der Waals surface area (Å²) in [6.45, 7) is 0.659. The van der Waals surface area contributed by atoms with Crippen LogP contribution in [0.1, 0.15) is 6.42 Å². The number of rotatable bonds is 3. The summed E-state index contributed by atoms with van der Waals surface area (Å²) in [4.78, 5) is 0. The number of hydrogen-bond donors (Lipinski definition) is 2. The van der Waals surface area contributed by atoms with E-state index in [-0.39, 0.29) is 18.6 Å². The van der Waals surface area contributed by atoms with Crippen LogP contribution in [0.4, 0.5) is 0 Å². The lowest BCUT2D eigenvalue weighted by molar-refractivity contribution is 0.130. The molecule has 0 bridgehead atoms. The number of hydrogen-bond acceptors (Lipinski definition) is 3. The number of aliphatic hydroxyl groups excluding tert-OH is 1. The summed E-state index contributed by atoms with van der Waals surface area (Å²) in [6.07, 6.45) is 9.22. The smallest absolute Gasteiger partial charge is 0.127 e. The van der Waals surface area contributed by atoms with E-state index < -0.39 is 0 Å². The van der Waals surface area contributed by atoms with Gasteiger partial charge in [0.25, 0.3) is 0 Å². The summed E-state index contributed by atoms with van der Waals surface area (Å²) in [7, 11) is 0. The van der Waals surface area contributed by atoms with E-state index in [9.17, 15) is 0 Å². The Morgan fingerprint density at radius 1 is 1.43 bits per heavy atom. The van der Waals surface area contributed by atoms with Gasteiger partial charge in [0, 0.05) is 5.92 Å². The van der Waals surface area contributed by atoms with E-state index in [0.29, 0.717) is 12.3 Å². The molecule has 3 nitrogen and oxygen atoms in total. The predicted octanol–water partition coefficient (Wildman–Crippen LogP) is 0.723. The van der Waals surface area contributed by atoms with Crippen molar-refractivity contribution in [1.29, 1.82) is 0 Å². The molecule has 0 saturated heterocycles. The standard InChI is InChI=1S/C11H15NO2/c12-4-3-8-1-2-11-9(5-8)6-10(7-13)14-11/h1-2,5-6,9,11,13H,3-4,7,12H2. The zero-order chi connectivity index (χ0) is 9.97. The largest absolute Gasteiger partial charge is 0.488 e. The van der Waals surface area contributed by atoms with E-state index in [1.165, 1.54) is 5.57 Å². The van der Waals surface area contributed by atoms with Gasteiger partial charge in [-0.1, -0.05) is 17.7 Å². The van der Waals surface area contributed by atoms with Crippen LogP contribution in [0.5, 0.6) is 0 Å². The van der Waals surface area contributed by atoms with Crippen LogP contribution >= 0.6 is 0 Å². The highest BCUT2D eigenvalue weighted by atomic mass is 16.5. The maximum atomic E-state index is 8.92. The first-order chi connectivity index (χ1) is 6.83. The molecule has 1 aliphatic carbocycles. The molecule has 2 atom stereocenters. The quantitative estimate of drug-likeness (QED) is 0.694. The lowest BCUT2D eigenvalue weighted by Crippen LogP contribution is -2.16. The van der Waals surface area contributed by atoms with Crippen molar-refractivity contribution < 1.29 is 9.84 Å². The maximum absolute atomic E-state index is 8.92. The van der Waals surface area contributed by atoms with Crippen LogP contribution in [-0.2, 0) is 4.74 Å². The van der Waals surface area contributed by atoms with Gasteiger partial charge in [0.05, 0.1) is 0 Å². The van der Waals surface area contributed by atoms with Crippen molar-refractivity contribution in [3.8, 4) is 0 Å². The van der Waals surface area contributed by atoms with Crippen LogP contribution < -0.4 is 5.73 Å². The topological polar surface area (TPSA) is 55.5 Å². The summed E-state index contributed by atoms with van der Waals surface area (Å²) in [5.74, 6) is 0.957. The normalized spacial score (nSPS) is 29.3. The number of aliphatic hydroxyl groups is 1.